The first-order valence-electron chi connectivity index (χ1n) is 9.92. The lowest BCUT2D eigenvalue weighted by molar-refractivity contribution is -0.147. The number of benzene rings is 1. The molecule has 1 saturated carbocycles. The van der Waals surface area contributed by atoms with Gasteiger partial charge in [-0.15, -0.1) is 0 Å². The van der Waals surface area contributed by atoms with Crippen molar-refractivity contribution in [2.45, 2.75) is 53.6 Å². The molecule has 0 bridgehead atoms. The summed E-state index contributed by atoms with van der Waals surface area (Å²) in [4.78, 5) is 12.7. The number of ether oxygens (including phenoxy) is 1. The molecule has 144 valence electrons. The summed E-state index contributed by atoms with van der Waals surface area (Å²) in [5, 5.41) is 0. The van der Waals surface area contributed by atoms with E-state index in [9.17, 15) is 4.79 Å². The Morgan fingerprint density at radius 1 is 1.15 bits per heavy atom. The quantitative estimate of drug-likeness (QED) is 0.429. The van der Waals surface area contributed by atoms with E-state index in [0.29, 0.717) is 5.92 Å². The molecule has 1 aromatic heterocycles. The van der Waals surface area contributed by atoms with E-state index >= 15 is 0 Å². The Bertz CT molecular complexity index is 792. The Balaban J connectivity index is 1.59. The van der Waals surface area contributed by atoms with Crippen LogP contribution in [0.5, 0.6) is 0 Å². The molecule has 1 aliphatic carbocycles. The molecule has 3 heteroatoms. The zero-order chi connectivity index (χ0) is 19.4. The van der Waals surface area contributed by atoms with Crippen LogP contribution in [0, 0.1) is 17.3 Å². The van der Waals surface area contributed by atoms with E-state index in [0.717, 1.165) is 30.6 Å². The van der Waals surface area contributed by atoms with Crippen molar-refractivity contribution in [3.05, 3.63) is 71.2 Å². The van der Waals surface area contributed by atoms with Crippen molar-refractivity contribution >= 4 is 5.97 Å². The van der Waals surface area contributed by atoms with Gasteiger partial charge in [0.05, 0.1) is 12.2 Å². The average Bonchev–Trinajstić information content (AvgIpc) is 3.05. The van der Waals surface area contributed by atoms with E-state index in [1.807, 2.05) is 24.3 Å². The molecule has 0 aliphatic heterocycles. The summed E-state index contributed by atoms with van der Waals surface area (Å²) in [5.41, 5.74) is 3.45. The van der Waals surface area contributed by atoms with Crippen LogP contribution >= 0.6 is 0 Å². The monoisotopic (exact) mass is 366 g/mol. The Morgan fingerprint density at radius 2 is 1.85 bits per heavy atom. The van der Waals surface area contributed by atoms with Gasteiger partial charge in [-0.3, -0.25) is 4.79 Å². The van der Waals surface area contributed by atoms with Crippen molar-refractivity contribution < 1.29 is 13.9 Å². The van der Waals surface area contributed by atoms with Crippen molar-refractivity contribution in [1.29, 1.82) is 0 Å². The summed E-state index contributed by atoms with van der Waals surface area (Å²) >= 11 is 0. The molecule has 0 spiro atoms. The number of hydrogen-bond donors (Lipinski definition) is 0. The van der Waals surface area contributed by atoms with Crippen LogP contribution in [0.2, 0.25) is 0 Å². The Kier molecular flexibility index (Phi) is 5.88. The van der Waals surface area contributed by atoms with Gasteiger partial charge in [0.1, 0.15) is 12.4 Å². The van der Waals surface area contributed by atoms with Crippen LogP contribution in [0.15, 0.2) is 58.7 Å². The molecule has 1 aromatic carbocycles. The van der Waals surface area contributed by atoms with Crippen LogP contribution in [0.25, 0.3) is 0 Å². The lowest BCUT2D eigenvalue weighted by atomic mass is 9.94. The summed E-state index contributed by atoms with van der Waals surface area (Å²) in [7, 11) is 0. The van der Waals surface area contributed by atoms with Crippen LogP contribution in [-0.2, 0) is 22.6 Å². The predicted octanol–water partition coefficient (Wildman–Crippen LogP) is 5.93. The highest BCUT2D eigenvalue weighted by atomic mass is 16.5. The van der Waals surface area contributed by atoms with E-state index < -0.39 is 0 Å². The number of allylic oxidation sites excluding steroid dienone is 2. The van der Waals surface area contributed by atoms with Crippen LogP contribution in [-0.4, -0.2) is 5.97 Å². The van der Waals surface area contributed by atoms with Gasteiger partial charge in [-0.25, -0.2) is 0 Å². The van der Waals surface area contributed by atoms with E-state index in [2.05, 4.69) is 45.9 Å². The van der Waals surface area contributed by atoms with Crippen LogP contribution in [0.4, 0.5) is 0 Å². The predicted molar refractivity (Wildman–Crippen MR) is 107 cm³/mol. The summed E-state index contributed by atoms with van der Waals surface area (Å²) in [6, 6.07) is 12.2. The van der Waals surface area contributed by atoms with Gasteiger partial charge in [0.15, 0.2) is 0 Å². The van der Waals surface area contributed by atoms with Crippen molar-refractivity contribution in [2.24, 2.45) is 17.3 Å². The number of carbonyl (C=O) groups excluding carboxylic acids is 1. The Labute approximate surface area is 162 Å². The van der Waals surface area contributed by atoms with Crippen molar-refractivity contribution in [3.63, 3.8) is 0 Å². The molecule has 0 radical (unpaired) electrons. The second-order valence-corrected chi connectivity index (χ2v) is 7.88. The van der Waals surface area contributed by atoms with Crippen LogP contribution in [0.3, 0.4) is 0 Å². The molecule has 0 amide bonds. The maximum Gasteiger partial charge on any atom is 0.310 e. The number of hydrogen-bond acceptors (Lipinski definition) is 3. The number of furan rings is 1. The SMILES string of the molecule is CCC1(CC)C(C=C(C)C)C1C(=O)OCc1coc(Cc2ccccc2)c1. The average molecular weight is 367 g/mol. The van der Waals surface area contributed by atoms with Gasteiger partial charge in [0, 0.05) is 12.0 Å². The molecule has 3 nitrogen and oxygen atoms in total. The fourth-order valence-electron chi connectivity index (χ4n) is 4.32. The minimum atomic E-state index is -0.0768. The van der Waals surface area contributed by atoms with E-state index in [-0.39, 0.29) is 23.9 Å². The highest BCUT2D eigenvalue weighted by molar-refractivity contribution is 5.78. The smallest absolute Gasteiger partial charge is 0.310 e. The van der Waals surface area contributed by atoms with Gasteiger partial charge in [-0.2, -0.15) is 0 Å². The zero-order valence-corrected chi connectivity index (χ0v) is 16.8. The number of carbonyl (C=O) groups is 1. The molecule has 0 N–H and O–H groups in total. The maximum atomic E-state index is 12.7. The van der Waals surface area contributed by atoms with Gasteiger partial charge in [-0.05, 0) is 49.7 Å². The zero-order valence-electron chi connectivity index (χ0n) is 16.8. The minimum absolute atomic E-state index is 0.0157. The third-order valence-corrected chi connectivity index (χ3v) is 5.93. The summed E-state index contributed by atoms with van der Waals surface area (Å²) in [5.74, 6) is 1.10. The third kappa shape index (κ3) is 4.18. The molecule has 2 aromatic rings. The van der Waals surface area contributed by atoms with E-state index in [4.69, 9.17) is 9.15 Å². The Hall–Kier alpha value is -2.29. The molecule has 3 rings (SSSR count). The van der Waals surface area contributed by atoms with Gasteiger partial charge in [-0.1, -0.05) is 55.8 Å². The van der Waals surface area contributed by atoms with Gasteiger partial charge in [0.25, 0.3) is 0 Å². The molecule has 0 saturated heterocycles. The second kappa shape index (κ2) is 8.16. The fourth-order valence-corrected chi connectivity index (χ4v) is 4.32. The highest BCUT2D eigenvalue weighted by Gasteiger charge is 2.65. The lowest BCUT2D eigenvalue weighted by Gasteiger charge is -2.11. The van der Waals surface area contributed by atoms with Crippen molar-refractivity contribution in [1.82, 2.24) is 0 Å². The molecule has 1 aliphatic rings. The van der Waals surface area contributed by atoms with Crippen molar-refractivity contribution in [3.8, 4) is 0 Å². The standard InChI is InChI=1S/C24H30O3/c1-5-24(6-2)21(12-17(3)4)22(24)23(25)27-16-19-14-20(26-15-19)13-18-10-8-7-9-11-18/h7-12,14-15,21-22H,5-6,13,16H2,1-4H3. The highest BCUT2D eigenvalue weighted by Crippen LogP contribution is 2.64. The topological polar surface area (TPSA) is 39.4 Å². The van der Waals surface area contributed by atoms with Crippen LogP contribution in [0.1, 0.15) is 57.4 Å². The largest absolute Gasteiger partial charge is 0.469 e. The first-order valence-corrected chi connectivity index (χ1v) is 9.92. The first kappa shape index (κ1) is 19.5. The van der Waals surface area contributed by atoms with Gasteiger partial charge in [0.2, 0.25) is 0 Å². The summed E-state index contributed by atoms with van der Waals surface area (Å²) in [6.07, 6.45) is 6.69. The fraction of sp³-hybridized carbons (Fsp3) is 0.458. The molecule has 2 unspecified atom stereocenters. The second-order valence-electron chi connectivity index (χ2n) is 7.88. The molecule has 2 atom stereocenters. The van der Waals surface area contributed by atoms with Gasteiger partial charge < -0.3 is 9.15 Å². The molecular weight excluding hydrogens is 336 g/mol. The van der Waals surface area contributed by atoms with E-state index in [1.165, 1.54) is 11.1 Å². The number of esters is 1. The minimum Gasteiger partial charge on any atom is -0.469 e. The van der Waals surface area contributed by atoms with E-state index in [1.54, 1.807) is 6.26 Å². The van der Waals surface area contributed by atoms with Crippen LogP contribution < -0.4 is 0 Å². The van der Waals surface area contributed by atoms with Gasteiger partial charge >= 0.3 is 5.97 Å². The molecular formula is C24H30O3. The molecule has 27 heavy (non-hydrogen) atoms. The lowest BCUT2D eigenvalue weighted by Crippen LogP contribution is -2.13. The normalized spacial score (nSPS) is 20.1. The molecule has 1 heterocycles. The summed E-state index contributed by atoms with van der Waals surface area (Å²) < 4.78 is 11.3. The summed E-state index contributed by atoms with van der Waals surface area (Å²) in [6.45, 7) is 8.81. The van der Waals surface area contributed by atoms with Crippen molar-refractivity contribution in [2.75, 3.05) is 0 Å². The third-order valence-electron chi connectivity index (χ3n) is 5.93. The maximum absolute atomic E-state index is 12.7. The number of rotatable bonds is 8. The Morgan fingerprint density at radius 3 is 2.48 bits per heavy atom. The molecule has 1 fully saturated rings. The first-order chi connectivity index (χ1) is 13.0.